The fourth-order valence-corrected chi connectivity index (χ4v) is 8.23. The van der Waals surface area contributed by atoms with E-state index in [2.05, 4.69) is 39.8 Å². The minimum absolute atomic E-state index is 0.160. The van der Waals surface area contributed by atoms with Crippen LogP contribution < -0.4 is 0 Å². The Morgan fingerprint density at radius 1 is 0.510 bits per heavy atom. The molecule has 2 unspecified atom stereocenters. The van der Waals surface area contributed by atoms with Crippen LogP contribution in [-0.2, 0) is 5.41 Å². The molecule has 0 nitrogen and oxygen atoms in total. The monoisotopic (exact) mass is 714 g/mol. The van der Waals surface area contributed by atoms with E-state index in [1.165, 1.54) is 6.07 Å². The molecule has 2 atom stereocenters. The predicted molar refractivity (Wildman–Crippen MR) is 189 cm³/mol. The zero-order chi connectivity index (χ0) is 37.4. The first-order valence-electron chi connectivity index (χ1n) is 18.2. The van der Waals surface area contributed by atoms with Crippen molar-refractivity contribution in [1.82, 2.24) is 0 Å². The smallest absolute Gasteiger partial charge is 0.170 e. The number of rotatable bonds is 14. The first-order valence-corrected chi connectivity index (χ1v) is 18.2. The van der Waals surface area contributed by atoms with Crippen LogP contribution in [0.5, 0.6) is 0 Å². The first kappa shape index (κ1) is 38.5. The average molecular weight is 715 g/mol. The molecule has 0 aliphatic heterocycles. The molecule has 8 heteroatoms. The van der Waals surface area contributed by atoms with Crippen LogP contribution in [0.3, 0.4) is 0 Å². The molecule has 51 heavy (non-hydrogen) atoms. The maximum atomic E-state index is 16.1. The molecule has 5 rings (SSSR count). The van der Waals surface area contributed by atoms with E-state index < -0.39 is 74.2 Å². The number of unbranched alkanes of at least 4 members (excludes halogenated alkanes) is 2. The summed E-state index contributed by atoms with van der Waals surface area (Å²) in [5.41, 5.74) is -1.71. The second-order valence-corrected chi connectivity index (χ2v) is 14.4. The van der Waals surface area contributed by atoms with Crippen LogP contribution in [0.4, 0.5) is 35.1 Å². The molecule has 274 valence electrons. The van der Waals surface area contributed by atoms with Gasteiger partial charge in [-0.05, 0) is 72.4 Å². The van der Waals surface area contributed by atoms with E-state index in [4.69, 9.17) is 0 Å². The van der Waals surface area contributed by atoms with Crippen molar-refractivity contribution in [2.24, 2.45) is 11.8 Å². The normalized spacial score (nSPS) is 16.4. The second kappa shape index (κ2) is 15.5. The molecule has 1 aliphatic carbocycles. The quantitative estimate of drug-likeness (QED) is 0.0901. The summed E-state index contributed by atoms with van der Waals surface area (Å²) in [6, 6.07) is 11.0. The highest BCUT2D eigenvalue weighted by Gasteiger charge is 2.46. The molecular formula is C43H46F8. The van der Waals surface area contributed by atoms with E-state index in [1.54, 1.807) is 12.1 Å². The lowest BCUT2D eigenvalue weighted by molar-refractivity contribution is 0.266. The average Bonchev–Trinajstić information content (AvgIpc) is 3.38. The molecule has 0 fully saturated rings. The molecule has 1 aliphatic rings. The van der Waals surface area contributed by atoms with E-state index in [-0.39, 0.29) is 5.56 Å². The number of halogens is 8. The van der Waals surface area contributed by atoms with Crippen molar-refractivity contribution in [3.8, 4) is 33.4 Å². The van der Waals surface area contributed by atoms with Gasteiger partial charge in [-0.3, -0.25) is 0 Å². The van der Waals surface area contributed by atoms with Gasteiger partial charge in [0.2, 0.25) is 0 Å². The standard InChI is InChI=1S/C43H46F8/c1-7-11-13-25(9-3)21-43(22-26(10-4)14-12-8-2)30-19-23(5)15-17-28(30)29-18-16-27(20-31(29)43)32-37(46)41(50)34(42(51)38(32)47)33-39(48)35(44)24(6)36(45)40(33)49/h15-20,25-26H,7-14,21-22H2,1-6H3. The lowest BCUT2D eigenvalue weighted by atomic mass is 9.65. The van der Waals surface area contributed by atoms with E-state index in [0.29, 0.717) is 11.8 Å². The Labute approximate surface area is 296 Å². The SMILES string of the molecule is CCCCC(CC)CC1(CC(CC)CCCC)c2cc(C)ccc2-c2ccc(-c3c(F)c(F)c(-c4c(F)c(F)c(C)c(F)c4F)c(F)c3F)cc21. The third-order valence-corrected chi connectivity index (χ3v) is 11.2. The molecule has 0 bridgehead atoms. The van der Waals surface area contributed by atoms with Gasteiger partial charge in [0.05, 0.1) is 16.7 Å². The Balaban J connectivity index is 1.78. The Hall–Kier alpha value is -3.68. The maximum absolute atomic E-state index is 16.1. The Kier molecular flexibility index (Phi) is 11.7. The molecule has 0 spiro atoms. The molecule has 4 aromatic rings. The van der Waals surface area contributed by atoms with E-state index in [1.807, 2.05) is 13.0 Å². The number of fused-ring (bicyclic) bond motifs is 3. The van der Waals surface area contributed by atoms with Crippen molar-refractivity contribution in [3.63, 3.8) is 0 Å². The fourth-order valence-electron chi connectivity index (χ4n) is 8.23. The molecule has 0 radical (unpaired) electrons. The summed E-state index contributed by atoms with van der Waals surface area (Å²) < 4.78 is 122. The van der Waals surface area contributed by atoms with Crippen LogP contribution in [0.15, 0.2) is 36.4 Å². The molecule has 0 aromatic heterocycles. The summed E-state index contributed by atoms with van der Waals surface area (Å²) >= 11 is 0. The summed E-state index contributed by atoms with van der Waals surface area (Å²) in [6.07, 6.45) is 9.58. The van der Waals surface area contributed by atoms with E-state index in [0.717, 1.165) is 98.9 Å². The van der Waals surface area contributed by atoms with Crippen LogP contribution in [0.2, 0.25) is 0 Å². The van der Waals surface area contributed by atoms with Crippen molar-refractivity contribution in [2.45, 2.75) is 111 Å². The second-order valence-electron chi connectivity index (χ2n) is 14.4. The van der Waals surface area contributed by atoms with Gasteiger partial charge in [-0.1, -0.05) is 115 Å². The van der Waals surface area contributed by atoms with Gasteiger partial charge in [-0.2, -0.15) is 0 Å². The Morgan fingerprint density at radius 3 is 1.37 bits per heavy atom. The summed E-state index contributed by atoms with van der Waals surface area (Å²) in [5, 5.41) is 0. The van der Waals surface area contributed by atoms with Crippen molar-refractivity contribution >= 4 is 0 Å². The summed E-state index contributed by atoms with van der Waals surface area (Å²) in [7, 11) is 0. The van der Waals surface area contributed by atoms with Gasteiger partial charge in [-0.25, -0.2) is 35.1 Å². The minimum Gasteiger partial charge on any atom is -0.203 e. The lowest BCUT2D eigenvalue weighted by Gasteiger charge is -2.39. The molecule has 0 saturated heterocycles. The molecule has 0 amide bonds. The first-order chi connectivity index (χ1) is 24.3. The number of benzene rings is 4. The van der Waals surface area contributed by atoms with Crippen molar-refractivity contribution in [3.05, 3.63) is 105 Å². The highest BCUT2D eigenvalue weighted by atomic mass is 19.2. The zero-order valence-electron chi connectivity index (χ0n) is 30.2. The van der Waals surface area contributed by atoms with Crippen molar-refractivity contribution in [2.75, 3.05) is 0 Å². The van der Waals surface area contributed by atoms with Crippen LogP contribution in [0, 0.1) is 72.2 Å². The third-order valence-electron chi connectivity index (χ3n) is 11.2. The number of hydrogen-bond acceptors (Lipinski definition) is 0. The van der Waals surface area contributed by atoms with Gasteiger partial charge in [0, 0.05) is 11.0 Å². The molecule has 0 N–H and O–H groups in total. The zero-order valence-corrected chi connectivity index (χ0v) is 30.2. The summed E-state index contributed by atoms with van der Waals surface area (Å²) in [6.45, 7) is 11.4. The molecule has 0 saturated carbocycles. The molecule has 0 heterocycles. The van der Waals surface area contributed by atoms with Gasteiger partial charge in [0.1, 0.15) is 0 Å². The van der Waals surface area contributed by atoms with Gasteiger partial charge >= 0.3 is 0 Å². The summed E-state index contributed by atoms with van der Waals surface area (Å²) in [4.78, 5) is 0. The van der Waals surface area contributed by atoms with Gasteiger partial charge in [0.25, 0.3) is 0 Å². The Morgan fingerprint density at radius 2 is 0.922 bits per heavy atom. The fraction of sp³-hybridized carbons (Fsp3) is 0.442. The van der Waals surface area contributed by atoms with Gasteiger partial charge < -0.3 is 0 Å². The predicted octanol–water partition coefficient (Wildman–Crippen LogP) is 14.2. The van der Waals surface area contributed by atoms with E-state index >= 15 is 17.6 Å². The maximum Gasteiger partial charge on any atom is 0.170 e. The third kappa shape index (κ3) is 6.72. The highest BCUT2D eigenvalue weighted by molar-refractivity contribution is 5.85. The van der Waals surface area contributed by atoms with Crippen LogP contribution in [0.25, 0.3) is 33.4 Å². The summed E-state index contributed by atoms with van der Waals surface area (Å²) in [5.74, 6) is -15.7. The topological polar surface area (TPSA) is 0 Å². The Bertz CT molecular complexity index is 1850. The van der Waals surface area contributed by atoms with Crippen molar-refractivity contribution < 1.29 is 35.1 Å². The molecular weight excluding hydrogens is 668 g/mol. The van der Waals surface area contributed by atoms with E-state index in [9.17, 15) is 17.6 Å². The largest absolute Gasteiger partial charge is 0.203 e. The van der Waals surface area contributed by atoms with Crippen LogP contribution >= 0.6 is 0 Å². The van der Waals surface area contributed by atoms with Gasteiger partial charge in [-0.15, -0.1) is 0 Å². The highest BCUT2D eigenvalue weighted by Crippen LogP contribution is 2.57. The van der Waals surface area contributed by atoms with Crippen molar-refractivity contribution in [1.29, 1.82) is 0 Å². The number of hydrogen-bond donors (Lipinski definition) is 0. The minimum atomic E-state index is -2.16. The van der Waals surface area contributed by atoms with Gasteiger partial charge in [0.15, 0.2) is 46.5 Å². The number of aryl methyl sites for hydroxylation is 1. The van der Waals surface area contributed by atoms with Crippen LogP contribution in [-0.4, -0.2) is 0 Å². The molecule has 4 aromatic carbocycles. The lowest BCUT2D eigenvalue weighted by Crippen LogP contribution is -2.31. The van der Waals surface area contributed by atoms with Crippen LogP contribution in [0.1, 0.15) is 114 Å².